The van der Waals surface area contributed by atoms with Crippen molar-refractivity contribution in [3.63, 3.8) is 0 Å². The van der Waals surface area contributed by atoms with Gasteiger partial charge in [0.2, 0.25) is 0 Å². The van der Waals surface area contributed by atoms with Crippen molar-refractivity contribution in [3.8, 4) is 5.75 Å². The Morgan fingerprint density at radius 2 is 1.85 bits per heavy atom. The Labute approximate surface area is 159 Å². The summed E-state index contributed by atoms with van der Waals surface area (Å²) in [7, 11) is 1.38. The molecule has 5 heteroatoms. The number of rotatable bonds is 4. The zero-order chi connectivity index (χ0) is 18.3. The van der Waals surface area contributed by atoms with Crippen molar-refractivity contribution < 1.29 is 13.9 Å². The molecule has 3 aromatic carbocycles. The molecule has 3 aromatic rings. The van der Waals surface area contributed by atoms with Crippen molar-refractivity contribution in [1.82, 2.24) is 5.32 Å². The van der Waals surface area contributed by atoms with Gasteiger partial charge in [0.05, 0.1) is 18.2 Å². The molecule has 0 aliphatic heterocycles. The summed E-state index contributed by atoms with van der Waals surface area (Å²) in [6, 6.07) is 17.3. The predicted molar refractivity (Wildman–Crippen MR) is 103 cm³/mol. The summed E-state index contributed by atoms with van der Waals surface area (Å²) >= 11 is 3.28. The molecule has 4 rings (SSSR count). The number of nitrogens with one attached hydrogen (secondary N) is 1. The molecule has 0 bridgehead atoms. The fraction of sp³-hybridized carbons (Fsp3) is 0.190. The Bertz CT molecular complexity index is 1010. The van der Waals surface area contributed by atoms with Crippen molar-refractivity contribution in [2.24, 2.45) is 0 Å². The summed E-state index contributed by atoms with van der Waals surface area (Å²) in [4.78, 5) is 12.9. The largest absolute Gasteiger partial charge is 0.494 e. The standard InChI is InChI=1S/C21H17BrFNO2/c1-26-17-10-9-16(22)18(19(17)23)20(25)24-21(11-12-21)15-8-4-6-13-5-2-3-7-14(13)15/h2-10H,11-12H2,1H3,(H,24,25). The molecule has 1 saturated carbocycles. The van der Waals surface area contributed by atoms with Gasteiger partial charge >= 0.3 is 0 Å². The van der Waals surface area contributed by atoms with Gasteiger partial charge in [0, 0.05) is 4.47 Å². The zero-order valence-electron chi connectivity index (χ0n) is 14.2. The number of carbonyl (C=O) groups excluding carboxylic acids is 1. The minimum absolute atomic E-state index is 0.0316. The highest BCUT2D eigenvalue weighted by Crippen LogP contribution is 2.48. The van der Waals surface area contributed by atoms with E-state index in [0.717, 1.165) is 29.2 Å². The van der Waals surface area contributed by atoms with Crippen molar-refractivity contribution in [1.29, 1.82) is 0 Å². The van der Waals surface area contributed by atoms with Gasteiger partial charge in [0.1, 0.15) is 0 Å². The molecule has 132 valence electrons. The van der Waals surface area contributed by atoms with Crippen molar-refractivity contribution >= 4 is 32.6 Å². The molecule has 0 saturated heterocycles. The molecule has 0 atom stereocenters. The fourth-order valence-corrected chi connectivity index (χ4v) is 3.89. The van der Waals surface area contributed by atoms with Gasteiger partial charge in [-0.05, 0) is 57.2 Å². The van der Waals surface area contributed by atoms with E-state index >= 15 is 0 Å². The maximum absolute atomic E-state index is 14.6. The molecule has 1 amide bonds. The van der Waals surface area contributed by atoms with E-state index < -0.39 is 17.3 Å². The first-order valence-corrected chi connectivity index (χ1v) is 9.18. The highest BCUT2D eigenvalue weighted by Gasteiger charge is 2.47. The molecule has 0 radical (unpaired) electrons. The molecule has 0 heterocycles. The molecule has 1 aliphatic rings. The molecule has 1 N–H and O–H groups in total. The van der Waals surface area contributed by atoms with Crippen LogP contribution in [0.15, 0.2) is 59.1 Å². The van der Waals surface area contributed by atoms with Crippen LogP contribution in [0.5, 0.6) is 5.75 Å². The van der Waals surface area contributed by atoms with E-state index in [0.29, 0.717) is 4.47 Å². The second kappa shape index (κ2) is 6.40. The minimum atomic E-state index is -0.659. The van der Waals surface area contributed by atoms with Gasteiger partial charge in [0.15, 0.2) is 11.6 Å². The fourth-order valence-electron chi connectivity index (χ4n) is 3.41. The molecule has 0 aromatic heterocycles. The van der Waals surface area contributed by atoms with Gasteiger partial charge in [-0.3, -0.25) is 4.79 Å². The molecular weight excluding hydrogens is 397 g/mol. The highest BCUT2D eigenvalue weighted by atomic mass is 79.9. The SMILES string of the molecule is COc1ccc(Br)c(C(=O)NC2(c3cccc4ccccc34)CC2)c1F. The Hall–Kier alpha value is -2.40. The molecule has 26 heavy (non-hydrogen) atoms. The quantitative estimate of drug-likeness (QED) is 0.640. The maximum Gasteiger partial charge on any atom is 0.256 e. The second-order valence-corrected chi connectivity index (χ2v) is 7.36. The summed E-state index contributed by atoms with van der Waals surface area (Å²) in [5, 5.41) is 5.29. The van der Waals surface area contributed by atoms with Crippen LogP contribution in [0, 0.1) is 5.82 Å². The Morgan fingerprint density at radius 1 is 1.12 bits per heavy atom. The number of hydrogen-bond acceptors (Lipinski definition) is 2. The van der Waals surface area contributed by atoms with Gasteiger partial charge in [-0.25, -0.2) is 4.39 Å². The Kier molecular flexibility index (Phi) is 4.19. The molecular formula is C21H17BrFNO2. The highest BCUT2D eigenvalue weighted by molar-refractivity contribution is 9.10. The Balaban J connectivity index is 1.72. The lowest BCUT2D eigenvalue weighted by Gasteiger charge is -2.21. The molecule has 0 unspecified atom stereocenters. The third-order valence-electron chi connectivity index (χ3n) is 4.91. The van der Waals surface area contributed by atoms with E-state index in [1.54, 1.807) is 6.07 Å². The van der Waals surface area contributed by atoms with Crippen LogP contribution < -0.4 is 10.1 Å². The first-order chi connectivity index (χ1) is 12.6. The van der Waals surface area contributed by atoms with E-state index in [4.69, 9.17) is 4.74 Å². The summed E-state index contributed by atoms with van der Waals surface area (Å²) in [5.74, 6) is -1.06. The molecule has 1 fully saturated rings. The lowest BCUT2D eigenvalue weighted by Crippen LogP contribution is -2.35. The van der Waals surface area contributed by atoms with E-state index in [2.05, 4.69) is 39.4 Å². The normalized spacial score (nSPS) is 14.9. The van der Waals surface area contributed by atoms with E-state index in [-0.39, 0.29) is 11.3 Å². The van der Waals surface area contributed by atoms with Gasteiger partial charge < -0.3 is 10.1 Å². The lowest BCUT2D eigenvalue weighted by atomic mass is 9.96. The first kappa shape index (κ1) is 17.0. The molecule has 0 spiro atoms. The third-order valence-corrected chi connectivity index (χ3v) is 5.57. The van der Waals surface area contributed by atoms with Crippen LogP contribution in [0.25, 0.3) is 10.8 Å². The third kappa shape index (κ3) is 2.76. The number of amides is 1. The minimum Gasteiger partial charge on any atom is -0.494 e. The number of hydrogen-bond donors (Lipinski definition) is 1. The van der Waals surface area contributed by atoms with Crippen LogP contribution in [-0.4, -0.2) is 13.0 Å². The van der Waals surface area contributed by atoms with E-state index in [9.17, 15) is 9.18 Å². The van der Waals surface area contributed by atoms with Crippen molar-refractivity contribution in [3.05, 3.63) is 76.0 Å². The molecule has 1 aliphatic carbocycles. The number of benzene rings is 3. The van der Waals surface area contributed by atoms with Crippen LogP contribution in [0.1, 0.15) is 28.8 Å². The summed E-state index contributed by atoms with van der Waals surface area (Å²) in [6.07, 6.45) is 1.66. The number of methoxy groups -OCH3 is 1. The van der Waals surface area contributed by atoms with Gasteiger partial charge in [-0.2, -0.15) is 0 Å². The average Bonchev–Trinajstić information content (AvgIpc) is 3.42. The number of carbonyl (C=O) groups is 1. The monoisotopic (exact) mass is 413 g/mol. The van der Waals surface area contributed by atoms with E-state index in [1.165, 1.54) is 13.2 Å². The van der Waals surface area contributed by atoms with Crippen LogP contribution in [-0.2, 0) is 5.54 Å². The zero-order valence-corrected chi connectivity index (χ0v) is 15.8. The average molecular weight is 414 g/mol. The maximum atomic E-state index is 14.6. The van der Waals surface area contributed by atoms with Gasteiger partial charge in [0.25, 0.3) is 5.91 Å². The van der Waals surface area contributed by atoms with Crippen LogP contribution in [0.2, 0.25) is 0 Å². The number of fused-ring (bicyclic) bond motifs is 1. The predicted octanol–water partition coefficient (Wildman–Crippen LogP) is 5.17. The van der Waals surface area contributed by atoms with Gasteiger partial charge in [-0.15, -0.1) is 0 Å². The second-order valence-electron chi connectivity index (χ2n) is 6.50. The smallest absolute Gasteiger partial charge is 0.256 e. The van der Waals surface area contributed by atoms with Crippen LogP contribution >= 0.6 is 15.9 Å². The van der Waals surface area contributed by atoms with Crippen molar-refractivity contribution in [2.45, 2.75) is 18.4 Å². The van der Waals surface area contributed by atoms with Gasteiger partial charge in [-0.1, -0.05) is 42.5 Å². The summed E-state index contributed by atoms with van der Waals surface area (Å²) in [5.41, 5.74) is 0.589. The summed E-state index contributed by atoms with van der Waals surface area (Å²) < 4.78 is 20.0. The molecule has 3 nitrogen and oxygen atoms in total. The van der Waals surface area contributed by atoms with E-state index in [1.807, 2.05) is 24.3 Å². The van der Waals surface area contributed by atoms with Crippen LogP contribution in [0.3, 0.4) is 0 Å². The Morgan fingerprint density at radius 3 is 2.58 bits per heavy atom. The lowest BCUT2D eigenvalue weighted by molar-refractivity contribution is 0.0925. The van der Waals surface area contributed by atoms with Crippen LogP contribution in [0.4, 0.5) is 4.39 Å². The number of ether oxygens (including phenoxy) is 1. The first-order valence-electron chi connectivity index (χ1n) is 8.38. The topological polar surface area (TPSA) is 38.3 Å². The number of halogens is 2. The van der Waals surface area contributed by atoms with Crippen molar-refractivity contribution in [2.75, 3.05) is 7.11 Å². The summed E-state index contributed by atoms with van der Waals surface area (Å²) in [6.45, 7) is 0.